The highest BCUT2D eigenvalue weighted by Gasteiger charge is 2.14. The summed E-state index contributed by atoms with van der Waals surface area (Å²) in [5, 5.41) is 13.7. The summed E-state index contributed by atoms with van der Waals surface area (Å²) in [6, 6.07) is 6.17. The third-order valence-corrected chi connectivity index (χ3v) is 3.56. The lowest BCUT2D eigenvalue weighted by molar-refractivity contribution is -0.138. The van der Waals surface area contributed by atoms with Crippen LogP contribution in [0.1, 0.15) is 26.2 Å². The molecule has 0 saturated carbocycles. The zero-order valence-corrected chi connectivity index (χ0v) is 12.1. The normalized spacial score (nSPS) is 16.1. The van der Waals surface area contributed by atoms with Gasteiger partial charge in [-0.2, -0.15) is 0 Å². The molecule has 1 aliphatic heterocycles. The SMILES string of the molecule is C[C@H](NC(=O)Nc1ccc(N2CCCCC2)cc1)C(=O)O. The molecular formula is C15H21N3O3. The molecule has 1 heterocycles. The smallest absolute Gasteiger partial charge is 0.325 e. The summed E-state index contributed by atoms with van der Waals surface area (Å²) in [6.07, 6.45) is 3.73. The number of nitrogens with zero attached hydrogens (tertiary/aromatic N) is 1. The van der Waals surface area contributed by atoms with E-state index in [4.69, 9.17) is 5.11 Å². The van der Waals surface area contributed by atoms with E-state index in [-0.39, 0.29) is 0 Å². The van der Waals surface area contributed by atoms with Gasteiger partial charge in [0.2, 0.25) is 0 Å². The fourth-order valence-electron chi connectivity index (χ4n) is 2.33. The first kappa shape index (κ1) is 15.2. The van der Waals surface area contributed by atoms with Crippen molar-refractivity contribution in [2.75, 3.05) is 23.3 Å². The molecule has 1 aromatic carbocycles. The number of carbonyl (C=O) groups is 2. The number of aliphatic carboxylic acids is 1. The highest BCUT2D eigenvalue weighted by molar-refractivity contribution is 5.92. The summed E-state index contributed by atoms with van der Waals surface area (Å²) in [7, 11) is 0. The van der Waals surface area contributed by atoms with E-state index in [2.05, 4.69) is 15.5 Å². The van der Waals surface area contributed by atoms with Crippen LogP contribution in [0.15, 0.2) is 24.3 Å². The van der Waals surface area contributed by atoms with Crippen molar-refractivity contribution < 1.29 is 14.7 Å². The minimum Gasteiger partial charge on any atom is -0.480 e. The number of hydrogen-bond donors (Lipinski definition) is 3. The van der Waals surface area contributed by atoms with Gasteiger partial charge in [0.25, 0.3) is 0 Å². The molecule has 3 N–H and O–H groups in total. The Morgan fingerprint density at radius 1 is 1.14 bits per heavy atom. The predicted molar refractivity (Wildman–Crippen MR) is 81.8 cm³/mol. The van der Waals surface area contributed by atoms with Crippen LogP contribution < -0.4 is 15.5 Å². The van der Waals surface area contributed by atoms with Crippen LogP contribution in [0.5, 0.6) is 0 Å². The standard InChI is InChI=1S/C15H21N3O3/c1-11(14(19)20)16-15(21)17-12-5-7-13(8-6-12)18-9-3-2-4-10-18/h5-8,11H,2-4,9-10H2,1H3,(H,19,20)(H2,16,17,21)/t11-/m0/s1. The molecular weight excluding hydrogens is 270 g/mol. The highest BCUT2D eigenvalue weighted by Crippen LogP contribution is 2.21. The van der Waals surface area contributed by atoms with Crippen molar-refractivity contribution >= 4 is 23.4 Å². The van der Waals surface area contributed by atoms with E-state index >= 15 is 0 Å². The first-order valence-electron chi connectivity index (χ1n) is 7.21. The Morgan fingerprint density at radius 2 is 1.76 bits per heavy atom. The third-order valence-electron chi connectivity index (χ3n) is 3.56. The van der Waals surface area contributed by atoms with Gasteiger partial charge < -0.3 is 20.6 Å². The quantitative estimate of drug-likeness (QED) is 0.795. The van der Waals surface area contributed by atoms with Crippen molar-refractivity contribution in [3.8, 4) is 0 Å². The molecule has 0 radical (unpaired) electrons. The molecule has 0 unspecified atom stereocenters. The zero-order chi connectivity index (χ0) is 15.2. The van der Waals surface area contributed by atoms with Gasteiger partial charge in [0.05, 0.1) is 0 Å². The Kier molecular flexibility index (Phi) is 5.03. The maximum absolute atomic E-state index is 11.6. The van der Waals surface area contributed by atoms with E-state index < -0.39 is 18.0 Å². The maximum Gasteiger partial charge on any atom is 0.325 e. The molecule has 2 amide bonds. The summed E-state index contributed by atoms with van der Waals surface area (Å²) < 4.78 is 0. The van der Waals surface area contributed by atoms with Gasteiger partial charge >= 0.3 is 12.0 Å². The van der Waals surface area contributed by atoms with Crippen LogP contribution in [0.3, 0.4) is 0 Å². The van der Waals surface area contributed by atoms with Gasteiger partial charge in [-0.05, 0) is 50.5 Å². The number of piperidine rings is 1. The lowest BCUT2D eigenvalue weighted by Crippen LogP contribution is -2.40. The topological polar surface area (TPSA) is 81.7 Å². The van der Waals surface area contributed by atoms with Gasteiger partial charge in [-0.3, -0.25) is 4.79 Å². The molecule has 0 aromatic heterocycles. The second kappa shape index (κ2) is 6.97. The first-order chi connectivity index (χ1) is 10.1. The summed E-state index contributed by atoms with van der Waals surface area (Å²) >= 11 is 0. The minimum atomic E-state index is -1.06. The van der Waals surface area contributed by atoms with E-state index in [0.717, 1.165) is 18.8 Å². The van der Waals surface area contributed by atoms with Gasteiger partial charge in [0.1, 0.15) is 6.04 Å². The fraction of sp³-hybridized carbons (Fsp3) is 0.467. The fourth-order valence-corrected chi connectivity index (χ4v) is 2.33. The van der Waals surface area contributed by atoms with Crippen molar-refractivity contribution in [1.82, 2.24) is 5.32 Å². The van der Waals surface area contributed by atoms with Crippen molar-refractivity contribution in [2.45, 2.75) is 32.2 Å². The van der Waals surface area contributed by atoms with E-state index in [0.29, 0.717) is 5.69 Å². The van der Waals surface area contributed by atoms with Crippen LogP contribution in [0, 0.1) is 0 Å². The summed E-state index contributed by atoms with van der Waals surface area (Å²) in [4.78, 5) is 24.6. The number of rotatable bonds is 4. The minimum absolute atomic E-state index is 0.518. The maximum atomic E-state index is 11.6. The van der Waals surface area contributed by atoms with Crippen LogP contribution in [0.2, 0.25) is 0 Å². The second-order valence-corrected chi connectivity index (χ2v) is 5.25. The zero-order valence-electron chi connectivity index (χ0n) is 12.1. The van der Waals surface area contributed by atoms with E-state index in [1.165, 1.54) is 26.2 Å². The van der Waals surface area contributed by atoms with Crippen LogP contribution in [-0.4, -0.2) is 36.2 Å². The van der Waals surface area contributed by atoms with Crippen LogP contribution >= 0.6 is 0 Å². The number of anilines is 2. The average Bonchev–Trinajstić information content (AvgIpc) is 2.48. The number of urea groups is 1. The molecule has 0 spiro atoms. The lowest BCUT2D eigenvalue weighted by Gasteiger charge is -2.28. The second-order valence-electron chi connectivity index (χ2n) is 5.25. The number of hydrogen-bond acceptors (Lipinski definition) is 3. The van der Waals surface area contributed by atoms with Crippen LogP contribution in [-0.2, 0) is 4.79 Å². The van der Waals surface area contributed by atoms with Crippen molar-refractivity contribution in [3.63, 3.8) is 0 Å². The molecule has 114 valence electrons. The highest BCUT2D eigenvalue weighted by atomic mass is 16.4. The molecule has 0 bridgehead atoms. The molecule has 6 nitrogen and oxygen atoms in total. The number of nitrogens with one attached hydrogen (secondary N) is 2. The number of carbonyl (C=O) groups excluding carboxylic acids is 1. The van der Waals surface area contributed by atoms with Crippen LogP contribution in [0.4, 0.5) is 16.2 Å². The van der Waals surface area contributed by atoms with Crippen molar-refractivity contribution in [2.24, 2.45) is 0 Å². The van der Waals surface area contributed by atoms with E-state index in [1.807, 2.05) is 24.3 Å². The Hall–Kier alpha value is -2.24. The van der Waals surface area contributed by atoms with Gasteiger partial charge in [-0.15, -0.1) is 0 Å². The molecule has 1 atom stereocenters. The Balaban J connectivity index is 1.89. The molecule has 0 aliphatic carbocycles. The monoisotopic (exact) mass is 291 g/mol. The largest absolute Gasteiger partial charge is 0.480 e. The van der Waals surface area contributed by atoms with Gasteiger partial charge in [-0.1, -0.05) is 0 Å². The number of amides is 2. The molecule has 6 heteroatoms. The van der Waals surface area contributed by atoms with Gasteiger partial charge in [0, 0.05) is 24.5 Å². The Labute approximate surface area is 124 Å². The summed E-state index contributed by atoms with van der Waals surface area (Å²) in [6.45, 7) is 3.56. The van der Waals surface area contributed by atoms with Gasteiger partial charge in [-0.25, -0.2) is 4.79 Å². The number of benzene rings is 1. The van der Waals surface area contributed by atoms with E-state index in [1.54, 1.807) is 0 Å². The summed E-state index contributed by atoms with van der Waals surface area (Å²) in [5.41, 5.74) is 1.80. The van der Waals surface area contributed by atoms with Crippen molar-refractivity contribution in [1.29, 1.82) is 0 Å². The van der Waals surface area contributed by atoms with Crippen LogP contribution in [0.25, 0.3) is 0 Å². The third kappa shape index (κ3) is 4.37. The number of carboxylic acids is 1. The van der Waals surface area contributed by atoms with Crippen molar-refractivity contribution in [3.05, 3.63) is 24.3 Å². The molecule has 1 aromatic rings. The molecule has 21 heavy (non-hydrogen) atoms. The van der Waals surface area contributed by atoms with E-state index in [9.17, 15) is 9.59 Å². The number of carboxylic acid groups (broad SMARTS) is 1. The Bertz CT molecular complexity index is 495. The summed E-state index contributed by atoms with van der Waals surface area (Å²) in [5.74, 6) is -1.06. The molecule has 1 fully saturated rings. The first-order valence-corrected chi connectivity index (χ1v) is 7.21. The lowest BCUT2D eigenvalue weighted by atomic mass is 10.1. The predicted octanol–water partition coefficient (Wildman–Crippen LogP) is 2.27. The average molecular weight is 291 g/mol. The van der Waals surface area contributed by atoms with Gasteiger partial charge in [0.15, 0.2) is 0 Å². The molecule has 1 aliphatic rings. The Morgan fingerprint density at radius 3 is 2.33 bits per heavy atom. The molecule has 2 rings (SSSR count). The molecule has 1 saturated heterocycles.